The fourth-order valence-corrected chi connectivity index (χ4v) is 3.60. The van der Waals surface area contributed by atoms with Crippen LogP contribution in [-0.4, -0.2) is 49.6 Å². The largest absolute Gasteiger partial charge is 0.373 e. The first kappa shape index (κ1) is 16.6. The third kappa shape index (κ3) is 2.42. The molecule has 4 aromatic rings. The van der Waals surface area contributed by atoms with Crippen LogP contribution < -0.4 is 0 Å². The highest BCUT2D eigenvalue weighted by atomic mass is 16.5. The van der Waals surface area contributed by atoms with E-state index in [0.29, 0.717) is 12.2 Å². The van der Waals surface area contributed by atoms with E-state index in [1.807, 2.05) is 30.5 Å². The summed E-state index contributed by atoms with van der Waals surface area (Å²) >= 11 is 0. The summed E-state index contributed by atoms with van der Waals surface area (Å²) in [5.74, 6) is -0.207. The number of carbonyl (C=O) groups excluding carboxylic acids is 1. The normalized spacial score (nSPS) is 19.6. The van der Waals surface area contributed by atoms with Crippen LogP contribution in [0.15, 0.2) is 53.4 Å². The van der Waals surface area contributed by atoms with Gasteiger partial charge in [-0.2, -0.15) is 0 Å². The van der Waals surface area contributed by atoms with Crippen LogP contribution in [-0.2, 0) is 10.4 Å². The first-order chi connectivity index (χ1) is 13.6. The zero-order chi connectivity index (χ0) is 19.3. The van der Waals surface area contributed by atoms with Crippen molar-refractivity contribution in [2.75, 3.05) is 13.6 Å². The number of benzene rings is 1. The fourth-order valence-electron chi connectivity index (χ4n) is 3.60. The molecule has 0 spiro atoms. The molecule has 3 aromatic heterocycles. The van der Waals surface area contributed by atoms with Crippen LogP contribution in [0.4, 0.5) is 0 Å². The highest BCUT2D eigenvalue weighted by molar-refractivity contribution is 5.91. The highest BCUT2D eigenvalue weighted by Crippen LogP contribution is 2.35. The fraction of sp³-hybridized carbons (Fsp3) is 0.200. The Morgan fingerprint density at radius 3 is 2.86 bits per heavy atom. The molecule has 1 amide bonds. The number of nitrogens with zero attached hydrogens (tertiary/aromatic N) is 4. The molecule has 8 heteroatoms. The monoisotopic (exact) mass is 375 g/mol. The third-order valence-corrected chi connectivity index (χ3v) is 5.20. The zero-order valence-electron chi connectivity index (χ0n) is 15.1. The Morgan fingerprint density at radius 2 is 2.04 bits per heavy atom. The summed E-state index contributed by atoms with van der Waals surface area (Å²) in [5.41, 5.74) is 3.10. The van der Waals surface area contributed by atoms with Crippen LogP contribution in [0.3, 0.4) is 0 Å². The minimum Gasteiger partial charge on any atom is -0.373 e. The number of amides is 1. The summed E-state index contributed by atoms with van der Waals surface area (Å²) in [6.07, 6.45) is 5.45. The number of aromatic amines is 1. The van der Waals surface area contributed by atoms with E-state index in [4.69, 9.17) is 4.52 Å². The molecule has 1 unspecified atom stereocenters. The van der Waals surface area contributed by atoms with Crippen LogP contribution in [0, 0.1) is 0 Å². The van der Waals surface area contributed by atoms with Gasteiger partial charge in [-0.1, -0.05) is 23.4 Å². The Labute approximate surface area is 159 Å². The van der Waals surface area contributed by atoms with Crippen molar-refractivity contribution in [2.24, 2.45) is 0 Å². The van der Waals surface area contributed by atoms with E-state index >= 15 is 0 Å². The first-order valence-corrected chi connectivity index (χ1v) is 8.90. The molecule has 1 aliphatic rings. The van der Waals surface area contributed by atoms with Gasteiger partial charge in [-0.15, -0.1) is 0 Å². The maximum atomic E-state index is 12.3. The lowest BCUT2D eigenvalue weighted by molar-refractivity contribution is -0.144. The number of hydrogen-bond acceptors (Lipinski definition) is 6. The van der Waals surface area contributed by atoms with E-state index in [2.05, 4.69) is 20.1 Å². The van der Waals surface area contributed by atoms with Crippen LogP contribution in [0.25, 0.3) is 33.5 Å². The molecule has 0 radical (unpaired) electrons. The maximum Gasteiger partial charge on any atom is 0.262 e. The number of likely N-dealkylation sites (N-methyl/N-ethyl adjacent to an activating group) is 1. The molecule has 0 bridgehead atoms. The summed E-state index contributed by atoms with van der Waals surface area (Å²) in [4.78, 5) is 25.5. The number of carbonyl (C=O) groups is 1. The number of hydrogen-bond donors (Lipinski definition) is 2. The van der Waals surface area contributed by atoms with Crippen LogP contribution in [0.2, 0.25) is 0 Å². The van der Waals surface area contributed by atoms with Gasteiger partial charge in [0.25, 0.3) is 5.91 Å². The van der Waals surface area contributed by atoms with E-state index in [1.165, 1.54) is 4.90 Å². The van der Waals surface area contributed by atoms with E-state index < -0.39 is 5.60 Å². The molecule has 1 aliphatic heterocycles. The van der Waals surface area contributed by atoms with Gasteiger partial charge in [-0.3, -0.25) is 9.78 Å². The Balaban J connectivity index is 1.53. The second-order valence-corrected chi connectivity index (χ2v) is 6.95. The van der Waals surface area contributed by atoms with Gasteiger partial charge in [0.2, 0.25) is 5.60 Å². The van der Waals surface area contributed by atoms with Crippen LogP contribution >= 0.6 is 0 Å². The van der Waals surface area contributed by atoms with Gasteiger partial charge in [-0.25, -0.2) is 4.98 Å². The maximum absolute atomic E-state index is 12.3. The minimum atomic E-state index is -1.65. The van der Waals surface area contributed by atoms with Crippen molar-refractivity contribution in [2.45, 2.75) is 12.0 Å². The van der Waals surface area contributed by atoms with Gasteiger partial charge >= 0.3 is 0 Å². The van der Waals surface area contributed by atoms with Crippen molar-refractivity contribution in [3.8, 4) is 22.4 Å². The number of aliphatic hydroxyl groups is 1. The number of nitrogens with one attached hydrogen (secondary N) is 1. The van der Waals surface area contributed by atoms with Gasteiger partial charge in [0.15, 0.2) is 11.4 Å². The summed E-state index contributed by atoms with van der Waals surface area (Å²) in [6.45, 7) is 0.475. The van der Waals surface area contributed by atoms with Crippen LogP contribution in [0.1, 0.15) is 12.2 Å². The van der Waals surface area contributed by atoms with Crippen molar-refractivity contribution in [1.29, 1.82) is 0 Å². The molecule has 2 N–H and O–H groups in total. The molecule has 8 nitrogen and oxygen atoms in total. The van der Waals surface area contributed by atoms with Crippen molar-refractivity contribution in [3.05, 3.63) is 54.7 Å². The van der Waals surface area contributed by atoms with Crippen molar-refractivity contribution < 1.29 is 14.4 Å². The molecule has 1 fully saturated rings. The quantitative estimate of drug-likeness (QED) is 0.569. The smallest absolute Gasteiger partial charge is 0.262 e. The summed E-state index contributed by atoms with van der Waals surface area (Å²) in [5, 5.41) is 14.8. The average molecular weight is 375 g/mol. The van der Waals surface area contributed by atoms with Crippen LogP contribution in [0.5, 0.6) is 0 Å². The summed E-state index contributed by atoms with van der Waals surface area (Å²) < 4.78 is 5.35. The molecule has 0 saturated carbocycles. The lowest BCUT2D eigenvalue weighted by atomic mass is 9.97. The lowest BCUT2D eigenvalue weighted by Crippen LogP contribution is -2.35. The lowest BCUT2D eigenvalue weighted by Gasteiger charge is -2.16. The zero-order valence-corrected chi connectivity index (χ0v) is 15.1. The van der Waals surface area contributed by atoms with E-state index in [-0.39, 0.29) is 18.1 Å². The Hall–Kier alpha value is -3.52. The number of aromatic nitrogens is 4. The number of rotatable bonds is 3. The molecular weight excluding hydrogens is 358 g/mol. The third-order valence-electron chi connectivity index (χ3n) is 5.20. The van der Waals surface area contributed by atoms with Gasteiger partial charge < -0.3 is 19.5 Å². The number of H-pyrrole nitrogens is 1. The molecule has 5 rings (SSSR count). The molecule has 0 aliphatic carbocycles. The molecule has 140 valence electrons. The topological polar surface area (TPSA) is 108 Å². The minimum absolute atomic E-state index is 0.167. The summed E-state index contributed by atoms with van der Waals surface area (Å²) in [7, 11) is 1.66. The number of likely N-dealkylation sites (tertiary alicyclic amines) is 1. The molecule has 4 heterocycles. The Kier molecular flexibility index (Phi) is 3.56. The highest BCUT2D eigenvalue weighted by Gasteiger charge is 2.48. The van der Waals surface area contributed by atoms with E-state index in [1.54, 1.807) is 25.5 Å². The molecule has 28 heavy (non-hydrogen) atoms. The molecule has 1 aromatic carbocycles. The molecule has 1 atom stereocenters. The van der Waals surface area contributed by atoms with Crippen molar-refractivity contribution in [1.82, 2.24) is 25.0 Å². The van der Waals surface area contributed by atoms with E-state index in [0.717, 1.165) is 27.9 Å². The van der Waals surface area contributed by atoms with Gasteiger partial charge in [0.1, 0.15) is 11.2 Å². The summed E-state index contributed by atoms with van der Waals surface area (Å²) in [6, 6.07) is 9.39. The predicted molar refractivity (Wildman–Crippen MR) is 101 cm³/mol. The average Bonchev–Trinajstić information content (AvgIpc) is 3.44. The number of fused-ring (bicyclic) bond motifs is 1. The van der Waals surface area contributed by atoms with E-state index in [9.17, 15) is 9.90 Å². The van der Waals surface area contributed by atoms with Gasteiger partial charge in [-0.05, 0) is 11.6 Å². The second kappa shape index (κ2) is 6.00. The van der Waals surface area contributed by atoms with Crippen molar-refractivity contribution >= 4 is 17.1 Å². The van der Waals surface area contributed by atoms with Gasteiger partial charge in [0.05, 0.1) is 0 Å². The van der Waals surface area contributed by atoms with Gasteiger partial charge in [0, 0.05) is 55.8 Å². The first-order valence-electron chi connectivity index (χ1n) is 8.90. The van der Waals surface area contributed by atoms with Crippen molar-refractivity contribution in [3.63, 3.8) is 0 Å². The standard InChI is InChI=1S/C20H17N5O3/c1-25-8-5-20(27,19(25)26)16-10-15(24-28-16)13-4-2-3-12(9-13)14-11-23-18-17(14)21-6-7-22-18/h2-4,6-7,9-11,27H,5,8H2,1H3,(H,22,23). The predicted octanol–water partition coefficient (Wildman–Crippen LogP) is 2.33. The molecule has 1 saturated heterocycles. The molecular formula is C20H17N5O3. The second-order valence-electron chi connectivity index (χ2n) is 6.95. The SMILES string of the molecule is CN1CCC(O)(c2cc(-c3cccc(-c4c[nH]c5nccnc45)c3)no2)C1=O. The Bertz CT molecular complexity index is 1200. The Morgan fingerprint density at radius 1 is 1.21 bits per heavy atom.